The summed E-state index contributed by atoms with van der Waals surface area (Å²) in [6, 6.07) is 6.09. The molecule has 2 aromatic rings. The topological polar surface area (TPSA) is 42.7 Å². The van der Waals surface area contributed by atoms with Crippen LogP contribution in [0.15, 0.2) is 24.4 Å². The van der Waals surface area contributed by atoms with Crippen LogP contribution in [0, 0.1) is 13.8 Å². The summed E-state index contributed by atoms with van der Waals surface area (Å²) >= 11 is 0. The summed E-state index contributed by atoms with van der Waals surface area (Å²) in [4.78, 5) is 4.41. The average Bonchev–Trinajstić information content (AvgIpc) is 2.60. The summed E-state index contributed by atoms with van der Waals surface area (Å²) in [5.74, 6) is 0.906. The summed E-state index contributed by atoms with van der Waals surface area (Å²) < 4.78 is 1.80. The van der Waals surface area contributed by atoms with Crippen LogP contribution in [-0.2, 0) is 13.6 Å². The summed E-state index contributed by atoms with van der Waals surface area (Å²) in [6.07, 6.45) is 1.94. The van der Waals surface area contributed by atoms with Crippen LogP contribution in [0.25, 0.3) is 0 Å². The molecule has 0 spiro atoms. The molecule has 1 N–H and O–H groups in total. The molecule has 0 saturated heterocycles. The molecule has 0 aliphatic heterocycles. The van der Waals surface area contributed by atoms with Crippen LogP contribution < -0.4 is 5.32 Å². The molecule has 2 rings (SSSR count). The van der Waals surface area contributed by atoms with Gasteiger partial charge in [-0.05, 0) is 37.6 Å². The van der Waals surface area contributed by atoms with E-state index in [1.165, 1.54) is 5.56 Å². The number of hydrogen-bond donors (Lipinski definition) is 1. The summed E-state index contributed by atoms with van der Waals surface area (Å²) in [5, 5.41) is 7.57. The fraction of sp³-hybridized carbons (Fsp3) is 0.333. The number of pyridine rings is 1. The fourth-order valence-electron chi connectivity index (χ4n) is 1.67. The van der Waals surface area contributed by atoms with Crippen LogP contribution in [0.1, 0.15) is 17.0 Å². The molecule has 0 radical (unpaired) electrons. The molecule has 0 bridgehead atoms. The van der Waals surface area contributed by atoms with Crippen LogP contribution in [0.5, 0.6) is 0 Å². The van der Waals surface area contributed by atoms with E-state index in [1.54, 1.807) is 4.68 Å². The van der Waals surface area contributed by atoms with Crippen LogP contribution in [0.3, 0.4) is 0 Å². The van der Waals surface area contributed by atoms with Gasteiger partial charge >= 0.3 is 0 Å². The molecular formula is C12H16N4. The van der Waals surface area contributed by atoms with Crippen molar-refractivity contribution < 1.29 is 0 Å². The second-order valence-electron chi connectivity index (χ2n) is 4.01. The van der Waals surface area contributed by atoms with Crippen molar-refractivity contribution in [1.82, 2.24) is 14.8 Å². The van der Waals surface area contributed by atoms with Crippen LogP contribution in [0.4, 0.5) is 5.82 Å². The number of hydrogen-bond acceptors (Lipinski definition) is 3. The Bertz CT molecular complexity index is 467. The molecule has 0 atom stereocenters. The standard InChI is InChI=1S/C12H16N4/c1-9-6-10(2)14-12(7-9)13-8-11-4-5-16(3)15-11/h4-7H,8H2,1-3H3,(H,13,14). The van der Waals surface area contributed by atoms with Gasteiger partial charge < -0.3 is 5.32 Å². The molecule has 16 heavy (non-hydrogen) atoms. The first kappa shape index (κ1) is 10.7. The Balaban J connectivity index is 2.04. The molecule has 84 valence electrons. The Hall–Kier alpha value is -1.84. The fourth-order valence-corrected chi connectivity index (χ4v) is 1.67. The van der Waals surface area contributed by atoms with Crippen molar-refractivity contribution in [1.29, 1.82) is 0 Å². The van der Waals surface area contributed by atoms with Gasteiger partial charge in [0, 0.05) is 18.9 Å². The molecule has 0 aromatic carbocycles. The van der Waals surface area contributed by atoms with E-state index >= 15 is 0 Å². The molecule has 0 aliphatic rings. The monoisotopic (exact) mass is 216 g/mol. The van der Waals surface area contributed by atoms with Gasteiger partial charge in [-0.15, -0.1) is 0 Å². The molecule has 4 nitrogen and oxygen atoms in total. The van der Waals surface area contributed by atoms with Gasteiger partial charge in [0.25, 0.3) is 0 Å². The van der Waals surface area contributed by atoms with E-state index < -0.39 is 0 Å². The van der Waals surface area contributed by atoms with Crippen LogP contribution >= 0.6 is 0 Å². The second-order valence-corrected chi connectivity index (χ2v) is 4.01. The maximum Gasteiger partial charge on any atom is 0.126 e. The minimum absolute atomic E-state index is 0.705. The minimum atomic E-state index is 0.705. The van der Waals surface area contributed by atoms with Gasteiger partial charge in [-0.3, -0.25) is 4.68 Å². The van der Waals surface area contributed by atoms with Gasteiger partial charge in [-0.2, -0.15) is 5.10 Å². The molecule has 2 heterocycles. The van der Waals surface area contributed by atoms with Gasteiger partial charge in [-0.25, -0.2) is 4.98 Å². The van der Waals surface area contributed by atoms with Crippen molar-refractivity contribution in [3.05, 3.63) is 41.3 Å². The van der Waals surface area contributed by atoms with Crippen molar-refractivity contribution in [3.8, 4) is 0 Å². The first-order valence-electron chi connectivity index (χ1n) is 5.31. The first-order chi connectivity index (χ1) is 7.63. The number of nitrogens with zero attached hydrogens (tertiary/aromatic N) is 3. The zero-order chi connectivity index (χ0) is 11.5. The highest BCUT2D eigenvalue weighted by Gasteiger charge is 1.99. The van der Waals surface area contributed by atoms with E-state index in [4.69, 9.17) is 0 Å². The van der Waals surface area contributed by atoms with E-state index in [9.17, 15) is 0 Å². The highest BCUT2D eigenvalue weighted by atomic mass is 15.3. The lowest BCUT2D eigenvalue weighted by Crippen LogP contribution is -2.03. The lowest BCUT2D eigenvalue weighted by Gasteiger charge is -2.05. The number of aromatic nitrogens is 3. The second kappa shape index (κ2) is 4.35. The molecule has 0 amide bonds. The van der Waals surface area contributed by atoms with Crippen molar-refractivity contribution >= 4 is 5.82 Å². The number of rotatable bonds is 3. The highest BCUT2D eigenvalue weighted by Crippen LogP contribution is 2.09. The van der Waals surface area contributed by atoms with Crippen molar-refractivity contribution in [3.63, 3.8) is 0 Å². The third-order valence-electron chi connectivity index (χ3n) is 2.32. The van der Waals surface area contributed by atoms with E-state index in [0.29, 0.717) is 6.54 Å². The molecule has 2 aromatic heterocycles. The Morgan fingerprint density at radius 3 is 2.75 bits per heavy atom. The Morgan fingerprint density at radius 1 is 1.31 bits per heavy atom. The molecule has 0 saturated carbocycles. The minimum Gasteiger partial charge on any atom is -0.364 e. The van der Waals surface area contributed by atoms with E-state index in [-0.39, 0.29) is 0 Å². The SMILES string of the molecule is Cc1cc(C)nc(NCc2ccn(C)n2)c1. The van der Waals surface area contributed by atoms with E-state index in [1.807, 2.05) is 32.3 Å². The lowest BCUT2D eigenvalue weighted by atomic mass is 10.2. The van der Waals surface area contributed by atoms with Gasteiger partial charge in [0.05, 0.1) is 12.2 Å². The normalized spacial score (nSPS) is 10.4. The Kier molecular flexibility index (Phi) is 2.90. The van der Waals surface area contributed by atoms with Crippen molar-refractivity contribution in [2.24, 2.45) is 7.05 Å². The maximum atomic E-state index is 4.41. The predicted molar refractivity (Wildman–Crippen MR) is 64.2 cm³/mol. The van der Waals surface area contributed by atoms with E-state index in [0.717, 1.165) is 17.2 Å². The maximum absolute atomic E-state index is 4.41. The average molecular weight is 216 g/mol. The van der Waals surface area contributed by atoms with Gasteiger partial charge in [0.1, 0.15) is 5.82 Å². The summed E-state index contributed by atoms with van der Waals surface area (Å²) in [5.41, 5.74) is 3.27. The zero-order valence-electron chi connectivity index (χ0n) is 9.86. The summed E-state index contributed by atoms with van der Waals surface area (Å²) in [6.45, 7) is 4.77. The lowest BCUT2D eigenvalue weighted by molar-refractivity contribution is 0.747. The Labute approximate surface area is 95.3 Å². The van der Waals surface area contributed by atoms with Gasteiger partial charge in [0.15, 0.2) is 0 Å². The molecule has 0 aliphatic carbocycles. The largest absolute Gasteiger partial charge is 0.364 e. The van der Waals surface area contributed by atoms with Gasteiger partial charge in [0.2, 0.25) is 0 Å². The third-order valence-corrected chi connectivity index (χ3v) is 2.32. The first-order valence-corrected chi connectivity index (χ1v) is 5.31. The van der Waals surface area contributed by atoms with E-state index in [2.05, 4.69) is 28.4 Å². The molecule has 0 unspecified atom stereocenters. The quantitative estimate of drug-likeness (QED) is 0.853. The highest BCUT2D eigenvalue weighted by molar-refractivity contribution is 5.39. The van der Waals surface area contributed by atoms with Crippen LogP contribution in [0.2, 0.25) is 0 Å². The zero-order valence-corrected chi connectivity index (χ0v) is 9.86. The van der Waals surface area contributed by atoms with Gasteiger partial charge in [-0.1, -0.05) is 0 Å². The Morgan fingerprint density at radius 2 is 2.12 bits per heavy atom. The van der Waals surface area contributed by atoms with Crippen LogP contribution in [-0.4, -0.2) is 14.8 Å². The van der Waals surface area contributed by atoms with Crippen molar-refractivity contribution in [2.45, 2.75) is 20.4 Å². The number of anilines is 1. The molecule has 4 heteroatoms. The number of nitrogens with one attached hydrogen (secondary N) is 1. The molecular weight excluding hydrogens is 200 g/mol. The van der Waals surface area contributed by atoms with Crippen molar-refractivity contribution in [2.75, 3.05) is 5.32 Å². The smallest absolute Gasteiger partial charge is 0.126 e. The predicted octanol–water partition coefficient (Wildman–Crippen LogP) is 2.04. The molecule has 0 fully saturated rings. The summed E-state index contributed by atoms with van der Waals surface area (Å²) in [7, 11) is 1.92. The number of aryl methyl sites for hydroxylation is 3. The third kappa shape index (κ3) is 2.59.